The molecule has 1 saturated heterocycles. The highest BCUT2D eigenvalue weighted by molar-refractivity contribution is 6.35. The SMILES string of the molecule is CN=C(NC)NCC1(c2ccc(Cl)cc2Cl)CCOCC1. The minimum absolute atomic E-state index is 0.0628. The Balaban J connectivity index is 2.28. The third kappa shape index (κ3) is 3.82. The number of nitrogens with zero attached hydrogens (tertiary/aromatic N) is 1. The summed E-state index contributed by atoms with van der Waals surface area (Å²) in [6.07, 6.45) is 1.84. The summed E-state index contributed by atoms with van der Waals surface area (Å²) in [5.41, 5.74) is 1.06. The quantitative estimate of drug-likeness (QED) is 0.662. The van der Waals surface area contributed by atoms with E-state index in [0.717, 1.165) is 44.1 Å². The van der Waals surface area contributed by atoms with Crippen molar-refractivity contribution in [3.05, 3.63) is 33.8 Å². The molecule has 1 heterocycles. The summed E-state index contributed by atoms with van der Waals surface area (Å²) in [7, 11) is 3.60. The van der Waals surface area contributed by atoms with Gasteiger partial charge in [-0.3, -0.25) is 4.99 Å². The van der Waals surface area contributed by atoms with Crippen LogP contribution in [0.2, 0.25) is 10.0 Å². The van der Waals surface area contributed by atoms with E-state index in [2.05, 4.69) is 15.6 Å². The van der Waals surface area contributed by atoms with Gasteiger partial charge in [-0.2, -0.15) is 0 Å². The van der Waals surface area contributed by atoms with Gasteiger partial charge in [0.1, 0.15) is 0 Å². The normalized spacial score (nSPS) is 18.4. The first-order valence-electron chi connectivity index (χ1n) is 7.03. The number of halogens is 2. The molecule has 0 bridgehead atoms. The fourth-order valence-corrected chi connectivity index (χ4v) is 3.36. The Morgan fingerprint density at radius 1 is 1.33 bits per heavy atom. The van der Waals surface area contributed by atoms with Gasteiger partial charge in [-0.1, -0.05) is 29.3 Å². The first-order valence-corrected chi connectivity index (χ1v) is 7.78. The number of guanidine groups is 1. The summed E-state index contributed by atoms with van der Waals surface area (Å²) in [5, 5.41) is 7.77. The summed E-state index contributed by atoms with van der Waals surface area (Å²) >= 11 is 12.5. The maximum atomic E-state index is 6.44. The molecule has 21 heavy (non-hydrogen) atoms. The van der Waals surface area contributed by atoms with Gasteiger partial charge in [0.05, 0.1) is 0 Å². The molecule has 0 aliphatic carbocycles. The molecule has 1 aliphatic rings. The second-order valence-electron chi connectivity index (χ2n) is 5.19. The van der Waals surface area contributed by atoms with E-state index < -0.39 is 0 Å². The molecule has 1 aliphatic heterocycles. The van der Waals surface area contributed by atoms with Crippen LogP contribution in [-0.2, 0) is 10.2 Å². The van der Waals surface area contributed by atoms with Crippen molar-refractivity contribution < 1.29 is 4.74 Å². The van der Waals surface area contributed by atoms with Gasteiger partial charge in [-0.15, -0.1) is 0 Å². The molecular formula is C15H21Cl2N3O. The number of nitrogens with one attached hydrogen (secondary N) is 2. The van der Waals surface area contributed by atoms with Crippen LogP contribution in [0.25, 0.3) is 0 Å². The summed E-state index contributed by atoms with van der Waals surface area (Å²) in [4.78, 5) is 4.16. The van der Waals surface area contributed by atoms with Crippen LogP contribution in [0, 0.1) is 0 Å². The highest BCUT2D eigenvalue weighted by Gasteiger charge is 2.36. The second-order valence-corrected chi connectivity index (χ2v) is 6.04. The maximum Gasteiger partial charge on any atom is 0.190 e. The van der Waals surface area contributed by atoms with Gasteiger partial charge in [-0.25, -0.2) is 0 Å². The van der Waals surface area contributed by atoms with E-state index in [1.807, 2.05) is 25.2 Å². The Morgan fingerprint density at radius 3 is 2.62 bits per heavy atom. The molecule has 0 aromatic heterocycles. The number of hydrogen-bond acceptors (Lipinski definition) is 2. The zero-order chi connectivity index (χ0) is 15.3. The lowest BCUT2D eigenvalue weighted by Gasteiger charge is -2.38. The molecule has 1 aromatic rings. The number of hydrogen-bond donors (Lipinski definition) is 2. The molecular weight excluding hydrogens is 309 g/mol. The zero-order valence-electron chi connectivity index (χ0n) is 12.4. The fourth-order valence-electron chi connectivity index (χ4n) is 2.76. The molecule has 1 aromatic carbocycles. The zero-order valence-corrected chi connectivity index (χ0v) is 13.9. The highest BCUT2D eigenvalue weighted by atomic mass is 35.5. The number of aliphatic imine (C=N–C) groups is 1. The van der Waals surface area contributed by atoms with Crippen molar-refractivity contribution in [2.75, 3.05) is 33.9 Å². The van der Waals surface area contributed by atoms with Crippen LogP contribution >= 0.6 is 23.2 Å². The maximum absolute atomic E-state index is 6.44. The van der Waals surface area contributed by atoms with Crippen LogP contribution in [0.5, 0.6) is 0 Å². The predicted octanol–water partition coefficient (Wildman–Crippen LogP) is 2.84. The Bertz CT molecular complexity index is 514. The molecule has 0 atom stereocenters. The van der Waals surface area contributed by atoms with E-state index in [1.54, 1.807) is 7.05 Å². The highest BCUT2D eigenvalue weighted by Crippen LogP contribution is 2.39. The molecule has 6 heteroatoms. The molecule has 116 valence electrons. The van der Waals surface area contributed by atoms with E-state index in [1.165, 1.54) is 0 Å². The van der Waals surface area contributed by atoms with Gasteiger partial charge in [0.2, 0.25) is 0 Å². The van der Waals surface area contributed by atoms with E-state index >= 15 is 0 Å². The predicted molar refractivity (Wildman–Crippen MR) is 88.6 cm³/mol. The number of benzene rings is 1. The first-order chi connectivity index (χ1) is 10.1. The fraction of sp³-hybridized carbons (Fsp3) is 0.533. The minimum Gasteiger partial charge on any atom is -0.381 e. The lowest BCUT2D eigenvalue weighted by Crippen LogP contribution is -2.47. The van der Waals surface area contributed by atoms with Gasteiger partial charge in [0.25, 0.3) is 0 Å². The van der Waals surface area contributed by atoms with Gasteiger partial charge in [-0.05, 0) is 30.5 Å². The molecule has 0 radical (unpaired) electrons. The van der Waals surface area contributed by atoms with Crippen LogP contribution in [-0.4, -0.2) is 39.8 Å². The third-order valence-electron chi connectivity index (χ3n) is 4.01. The average Bonchev–Trinajstić information content (AvgIpc) is 2.49. The van der Waals surface area contributed by atoms with Crippen molar-refractivity contribution in [2.24, 2.45) is 4.99 Å². The number of ether oxygens (including phenoxy) is 1. The van der Waals surface area contributed by atoms with E-state index in [4.69, 9.17) is 27.9 Å². The van der Waals surface area contributed by atoms with Crippen LogP contribution < -0.4 is 10.6 Å². The van der Waals surface area contributed by atoms with Crippen LogP contribution in [0.4, 0.5) is 0 Å². The lowest BCUT2D eigenvalue weighted by atomic mass is 9.74. The molecule has 0 amide bonds. The molecule has 4 nitrogen and oxygen atoms in total. The minimum atomic E-state index is -0.0628. The standard InChI is InChI=1S/C15H21Cl2N3O/c1-18-14(19-2)20-10-15(5-7-21-8-6-15)12-4-3-11(16)9-13(12)17/h3-4,9H,5-8,10H2,1-2H3,(H2,18,19,20). The van der Waals surface area contributed by atoms with E-state index in [-0.39, 0.29) is 5.41 Å². The molecule has 0 spiro atoms. The van der Waals surface area contributed by atoms with Gasteiger partial charge < -0.3 is 15.4 Å². The second kappa shape index (κ2) is 7.34. The van der Waals surface area contributed by atoms with Crippen molar-refractivity contribution in [1.82, 2.24) is 10.6 Å². The van der Waals surface area contributed by atoms with E-state index in [0.29, 0.717) is 10.0 Å². The molecule has 1 fully saturated rings. The van der Waals surface area contributed by atoms with E-state index in [9.17, 15) is 0 Å². The topological polar surface area (TPSA) is 45.7 Å². The summed E-state index contributed by atoms with van der Waals surface area (Å²) in [6, 6.07) is 5.73. The van der Waals surface area contributed by atoms with Crippen LogP contribution in [0.3, 0.4) is 0 Å². The van der Waals surface area contributed by atoms with Crippen LogP contribution in [0.15, 0.2) is 23.2 Å². The first kappa shape index (κ1) is 16.4. The Labute approximate surface area is 135 Å². The molecule has 2 N–H and O–H groups in total. The molecule has 0 unspecified atom stereocenters. The monoisotopic (exact) mass is 329 g/mol. The van der Waals surface area contributed by atoms with Crippen molar-refractivity contribution in [2.45, 2.75) is 18.3 Å². The van der Waals surface area contributed by atoms with Crippen molar-refractivity contribution in [3.63, 3.8) is 0 Å². The Morgan fingerprint density at radius 2 is 2.05 bits per heavy atom. The van der Waals surface area contributed by atoms with Gasteiger partial charge in [0, 0.05) is 49.3 Å². The van der Waals surface area contributed by atoms with Gasteiger partial charge >= 0.3 is 0 Å². The summed E-state index contributed by atoms with van der Waals surface area (Å²) in [5.74, 6) is 0.769. The smallest absolute Gasteiger partial charge is 0.190 e. The number of rotatable bonds is 3. The third-order valence-corrected chi connectivity index (χ3v) is 4.55. The summed E-state index contributed by atoms with van der Waals surface area (Å²) in [6.45, 7) is 2.23. The summed E-state index contributed by atoms with van der Waals surface area (Å²) < 4.78 is 5.53. The lowest BCUT2D eigenvalue weighted by molar-refractivity contribution is 0.0514. The van der Waals surface area contributed by atoms with Crippen molar-refractivity contribution >= 4 is 29.2 Å². The van der Waals surface area contributed by atoms with Crippen molar-refractivity contribution in [3.8, 4) is 0 Å². The largest absolute Gasteiger partial charge is 0.381 e. The van der Waals surface area contributed by atoms with Gasteiger partial charge in [0.15, 0.2) is 5.96 Å². The Hall–Kier alpha value is -0.970. The van der Waals surface area contributed by atoms with Crippen LogP contribution in [0.1, 0.15) is 18.4 Å². The average molecular weight is 330 g/mol. The Kier molecular flexibility index (Phi) is 5.73. The van der Waals surface area contributed by atoms with Crippen molar-refractivity contribution in [1.29, 1.82) is 0 Å². The molecule has 0 saturated carbocycles. The molecule has 2 rings (SSSR count).